The highest BCUT2D eigenvalue weighted by Crippen LogP contribution is 2.47. The molecule has 1 aliphatic rings. The van der Waals surface area contributed by atoms with Gasteiger partial charge in [-0.15, -0.1) is 0 Å². The van der Waals surface area contributed by atoms with Crippen molar-refractivity contribution < 1.29 is 4.79 Å². The summed E-state index contributed by atoms with van der Waals surface area (Å²) in [7, 11) is 0. The summed E-state index contributed by atoms with van der Waals surface area (Å²) in [5.74, 6) is 0.327. The zero-order valence-electron chi connectivity index (χ0n) is 16.6. The topological polar surface area (TPSA) is 41.5 Å². The Balaban J connectivity index is 1.38. The van der Waals surface area contributed by atoms with Gasteiger partial charge in [-0.3, -0.25) is 4.79 Å². The van der Waals surface area contributed by atoms with Crippen LogP contribution in [0.15, 0.2) is 71.8 Å². The summed E-state index contributed by atoms with van der Waals surface area (Å²) in [4.78, 5) is 12.4. The lowest BCUT2D eigenvalue weighted by molar-refractivity contribution is -0.122. The number of hydrogen-bond donors (Lipinski definition) is 1. The molecule has 1 N–H and O–H groups in total. The largest absolute Gasteiger partial charge is 0.273 e. The average molecular weight is 370 g/mol. The van der Waals surface area contributed by atoms with Crippen LogP contribution in [0, 0.1) is 5.92 Å². The molecule has 0 radical (unpaired) electrons. The molecule has 1 saturated carbocycles. The van der Waals surface area contributed by atoms with Crippen LogP contribution in [0.3, 0.4) is 0 Å². The summed E-state index contributed by atoms with van der Waals surface area (Å²) in [6.07, 6.45) is 2.63. The average Bonchev–Trinajstić information content (AvgIpc) is 3.48. The zero-order valence-corrected chi connectivity index (χ0v) is 16.6. The summed E-state index contributed by atoms with van der Waals surface area (Å²) < 4.78 is 0. The molecule has 1 aliphatic carbocycles. The van der Waals surface area contributed by atoms with Crippen LogP contribution in [0.4, 0.5) is 0 Å². The Morgan fingerprint density at radius 2 is 1.71 bits per heavy atom. The summed E-state index contributed by atoms with van der Waals surface area (Å²) >= 11 is 0. The second-order valence-electron chi connectivity index (χ2n) is 8.62. The molecule has 0 bridgehead atoms. The van der Waals surface area contributed by atoms with Crippen LogP contribution in [0.2, 0.25) is 0 Å². The van der Waals surface area contributed by atoms with Crippen LogP contribution in [0.1, 0.15) is 49.8 Å². The molecule has 1 amide bonds. The van der Waals surface area contributed by atoms with E-state index in [-0.39, 0.29) is 17.2 Å². The number of rotatable bonds is 4. The van der Waals surface area contributed by atoms with Gasteiger partial charge in [-0.05, 0) is 39.7 Å². The third kappa shape index (κ3) is 3.84. The predicted molar refractivity (Wildman–Crippen MR) is 116 cm³/mol. The highest BCUT2D eigenvalue weighted by Gasteiger charge is 2.43. The number of nitrogens with zero attached hydrogens (tertiary/aromatic N) is 1. The minimum atomic E-state index is 0.00128. The van der Waals surface area contributed by atoms with Crippen molar-refractivity contribution in [1.29, 1.82) is 0 Å². The Morgan fingerprint density at radius 1 is 1.00 bits per heavy atom. The van der Waals surface area contributed by atoms with Crippen LogP contribution >= 0.6 is 0 Å². The van der Waals surface area contributed by atoms with E-state index in [1.54, 1.807) is 6.21 Å². The van der Waals surface area contributed by atoms with Gasteiger partial charge < -0.3 is 0 Å². The van der Waals surface area contributed by atoms with Crippen molar-refractivity contribution in [3.8, 4) is 0 Å². The lowest BCUT2D eigenvalue weighted by Crippen LogP contribution is -2.20. The van der Waals surface area contributed by atoms with Gasteiger partial charge in [0.25, 0.3) is 0 Å². The van der Waals surface area contributed by atoms with Gasteiger partial charge in [0, 0.05) is 11.5 Å². The van der Waals surface area contributed by atoms with E-state index >= 15 is 0 Å². The molecule has 3 aromatic carbocycles. The Hall–Kier alpha value is -2.94. The quantitative estimate of drug-likeness (QED) is 0.485. The molecule has 1 fully saturated rings. The maximum absolute atomic E-state index is 12.4. The monoisotopic (exact) mass is 370 g/mol. The first-order valence-corrected chi connectivity index (χ1v) is 9.84. The lowest BCUT2D eigenvalue weighted by atomic mass is 9.86. The molecule has 4 rings (SSSR count). The normalized spacial score (nSPS) is 19.1. The molecule has 3 aromatic rings. The predicted octanol–water partition coefficient (Wildman–Crippen LogP) is 5.39. The van der Waals surface area contributed by atoms with E-state index in [4.69, 9.17) is 0 Å². The second-order valence-corrected chi connectivity index (χ2v) is 8.62. The fourth-order valence-corrected chi connectivity index (χ4v) is 3.69. The van der Waals surface area contributed by atoms with Crippen LogP contribution < -0.4 is 5.43 Å². The van der Waals surface area contributed by atoms with Crippen LogP contribution in [0.25, 0.3) is 10.8 Å². The molecule has 3 nitrogen and oxygen atoms in total. The molecule has 0 spiro atoms. The van der Waals surface area contributed by atoms with Crippen molar-refractivity contribution in [2.75, 3.05) is 0 Å². The fraction of sp³-hybridized carbons (Fsp3) is 0.280. The Labute approximate surface area is 166 Å². The summed E-state index contributed by atoms with van der Waals surface area (Å²) in [5, 5.41) is 6.50. The van der Waals surface area contributed by atoms with E-state index in [0.717, 1.165) is 17.4 Å². The highest BCUT2D eigenvalue weighted by atomic mass is 16.2. The molecule has 2 atom stereocenters. The van der Waals surface area contributed by atoms with Crippen LogP contribution in [-0.2, 0) is 10.2 Å². The number of amides is 1. The van der Waals surface area contributed by atoms with Gasteiger partial charge in [0.1, 0.15) is 0 Å². The van der Waals surface area contributed by atoms with Crippen LogP contribution in [0.5, 0.6) is 0 Å². The lowest BCUT2D eigenvalue weighted by Gasteiger charge is -2.19. The number of carbonyl (C=O) groups is 1. The second kappa shape index (κ2) is 7.23. The van der Waals surface area contributed by atoms with Crippen molar-refractivity contribution >= 4 is 22.9 Å². The highest BCUT2D eigenvalue weighted by molar-refractivity contribution is 6.00. The number of benzene rings is 3. The smallest absolute Gasteiger partial charge is 0.243 e. The first-order chi connectivity index (χ1) is 13.4. The minimum absolute atomic E-state index is 0.00128. The first-order valence-electron chi connectivity index (χ1n) is 9.84. The fourth-order valence-electron chi connectivity index (χ4n) is 3.69. The van der Waals surface area contributed by atoms with E-state index < -0.39 is 0 Å². The van der Waals surface area contributed by atoms with Gasteiger partial charge >= 0.3 is 0 Å². The number of carbonyl (C=O) groups excluding carboxylic acids is 1. The molecule has 0 aliphatic heterocycles. The van der Waals surface area contributed by atoms with Gasteiger partial charge in [0.2, 0.25) is 5.91 Å². The molecular formula is C25H26N2O. The Morgan fingerprint density at radius 3 is 2.46 bits per heavy atom. The molecule has 0 heterocycles. The van der Waals surface area contributed by atoms with Crippen molar-refractivity contribution in [1.82, 2.24) is 5.43 Å². The first kappa shape index (κ1) is 18.4. The molecule has 2 unspecified atom stereocenters. The molecule has 3 heteroatoms. The van der Waals surface area contributed by atoms with E-state index in [2.05, 4.69) is 73.8 Å². The van der Waals surface area contributed by atoms with Crippen molar-refractivity contribution in [3.05, 3.63) is 83.4 Å². The standard InChI is InChI=1S/C25H26N2O/c1-25(2,3)20-13-11-18(12-14-20)22-15-23(22)24(28)27-26-16-19-9-6-8-17-7-4-5-10-21(17)19/h4-14,16,22-23H,15H2,1-3H3,(H,27,28). The van der Waals surface area contributed by atoms with E-state index in [1.165, 1.54) is 16.5 Å². The van der Waals surface area contributed by atoms with E-state index in [9.17, 15) is 4.79 Å². The van der Waals surface area contributed by atoms with Crippen LogP contribution in [-0.4, -0.2) is 12.1 Å². The summed E-state index contributed by atoms with van der Waals surface area (Å²) in [5.41, 5.74) is 6.43. The maximum Gasteiger partial charge on any atom is 0.243 e. The van der Waals surface area contributed by atoms with Crippen molar-refractivity contribution in [2.24, 2.45) is 11.0 Å². The van der Waals surface area contributed by atoms with Gasteiger partial charge in [-0.25, -0.2) is 5.43 Å². The molecule has 28 heavy (non-hydrogen) atoms. The number of hydrazone groups is 1. The van der Waals surface area contributed by atoms with Gasteiger partial charge in [-0.2, -0.15) is 5.10 Å². The van der Waals surface area contributed by atoms with Gasteiger partial charge in [0.05, 0.1) is 6.21 Å². The van der Waals surface area contributed by atoms with E-state index in [1.807, 2.05) is 24.3 Å². The number of hydrogen-bond acceptors (Lipinski definition) is 2. The third-order valence-electron chi connectivity index (χ3n) is 5.53. The molecule has 0 saturated heterocycles. The third-order valence-corrected chi connectivity index (χ3v) is 5.53. The summed E-state index contributed by atoms with van der Waals surface area (Å²) in [6.45, 7) is 6.63. The molecule has 0 aromatic heterocycles. The number of nitrogens with one attached hydrogen (secondary N) is 1. The Kier molecular flexibility index (Phi) is 4.76. The maximum atomic E-state index is 12.4. The van der Waals surface area contributed by atoms with Gasteiger partial charge in [0.15, 0.2) is 0 Å². The van der Waals surface area contributed by atoms with E-state index in [0.29, 0.717) is 5.92 Å². The molecular weight excluding hydrogens is 344 g/mol. The van der Waals surface area contributed by atoms with Gasteiger partial charge in [-0.1, -0.05) is 87.5 Å². The number of fused-ring (bicyclic) bond motifs is 1. The SMILES string of the molecule is CC(C)(C)c1ccc(C2CC2C(=O)NN=Cc2cccc3ccccc23)cc1. The Bertz CT molecular complexity index is 1020. The minimum Gasteiger partial charge on any atom is -0.273 e. The summed E-state index contributed by atoms with van der Waals surface area (Å²) in [6, 6.07) is 23.0. The molecule has 142 valence electrons. The zero-order chi connectivity index (χ0) is 19.7. The van der Waals surface area contributed by atoms with Crippen molar-refractivity contribution in [2.45, 2.75) is 38.5 Å². The van der Waals surface area contributed by atoms with Crippen molar-refractivity contribution in [3.63, 3.8) is 0 Å².